The van der Waals surface area contributed by atoms with E-state index in [2.05, 4.69) is 4.98 Å². The quantitative estimate of drug-likeness (QED) is 0.794. The summed E-state index contributed by atoms with van der Waals surface area (Å²) in [6.07, 6.45) is 0.168. The number of nitrogens with zero attached hydrogens (tertiary/aromatic N) is 2. The molecule has 2 saturated heterocycles. The zero-order chi connectivity index (χ0) is 16.0. The van der Waals surface area contributed by atoms with Gasteiger partial charge in [-0.15, -0.1) is 11.3 Å². The Morgan fingerprint density at radius 3 is 2.95 bits per heavy atom. The standard InChI is InChI=1S/C15H22N2O4S/c1-10-16-11(8-22-10)15-5-6-17(7-12(15)19-9-20-15)13(18)21-14(2,3)4/h8,12H,5-7,9H2,1-4H3/t12-,15-/m1/s1. The van der Waals surface area contributed by atoms with E-state index in [1.165, 1.54) is 0 Å². The fraction of sp³-hybridized carbons (Fsp3) is 0.733. The van der Waals surface area contributed by atoms with E-state index in [-0.39, 0.29) is 19.0 Å². The molecule has 1 aromatic rings. The van der Waals surface area contributed by atoms with E-state index in [0.29, 0.717) is 19.5 Å². The van der Waals surface area contributed by atoms with Crippen LogP contribution in [0.4, 0.5) is 4.79 Å². The van der Waals surface area contributed by atoms with E-state index in [0.717, 1.165) is 10.7 Å². The molecule has 0 bridgehead atoms. The third-order valence-corrected chi connectivity index (χ3v) is 4.72. The molecule has 7 heteroatoms. The summed E-state index contributed by atoms with van der Waals surface area (Å²) in [4.78, 5) is 18.5. The molecule has 0 saturated carbocycles. The number of thiazole rings is 1. The molecule has 0 aromatic carbocycles. The van der Waals surface area contributed by atoms with Gasteiger partial charge in [0.25, 0.3) is 0 Å². The molecule has 2 fully saturated rings. The van der Waals surface area contributed by atoms with Crippen molar-refractivity contribution in [2.24, 2.45) is 0 Å². The Kier molecular flexibility index (Phi) is 3.91. The predicted octanol–water partition coefficient (Wildman–Crippen LogP) is 2.66. The normalized spacial score (nSPS) is 28.5. The zero-order valence-electron chi connectivity index (χ0n) is 13.4. The van der Waals surface area contributed by atoms with Gasteiger partial charge < -0.3 is 19.1 Å². The molecule has 0 radical (unpaired) electrons. The summed E-state index contributed by atoms with van der Waals surface area (Å²) in [5.74, 6) is 0. The van der Waals surface area contributed by atoms with Crippen molar-refractivity contribution < 1.29 is 19.0 Å². The van der Waals surface area contributed by atoms with Crippen molar-refractivity contribution in [3.8, 4) is 0 Å². The molecule has 2 aliphatic rings. The summed E-state index contributed by atoms with van der Waals surface area (Å²) < 4.78 is 17.1. The van der Waals surface area contributed by atoms with Crippen molar-refractivity contribution >= 4 is 17.4 Å². The SMILES string of the molecule is Cc1nc([C@]23CCN(C(=O)OC(C)(C)C)C[C@H]2OCO3)cs1. The number of aromatic nitrogens is 1. The van der Waals surface area contributed by atoms with Gasteiger partial charge in [-0.1, -0.05) is 0 Å². The molecule has 1 aromatic heterocycles. The van der Waals surface area contributed by atoms with Gasteiger partial charge in [-0.3, -0.25) is 0 Å². The van der Waals surface area contributed by atoms with Crippen LogP contribution in [0, 0.1) is 6.92 Å². The van der Waals surface area contributed by atoms with Gasteiger partial charge in [-0.05, 0) is 27.7 Å². The molecule has 3 heterocycles. The Labute approximate surface area is 134 Å². The summed E-state index contributed by atoms with van der Waals surface area (Å²) in [6.45, 7) is 8.86. The van der Waals surface area contributed by atoms with Gasteiger partial charge in [0, 0.05) is 18.3 Å². The van der Waals surface area contributed by atoms with Crippen LogP contribution in [0.1, 0.15) is 37.9 Å². The molecule has 1 amide bonds. The Morgan fingerprint density at radius 2 is 2.32 bits per heavy atom. The van der Waals surface area contributed by atoms with Gasteiger partial charge in [0.2, 0.25) is 0 Å². The van der Waals surface area contributed by atoms with Gasteiger partial charge in [0.05, 0.1) is 17.2 Å². The number of rotatable bonds is 1. The molecule has 2 aliphatic heterocycles. The summed E-state index contributed by atoms with van der Waals surface area (Å²) in [5.41, 5.74) is -0.102. The van der Waals surface area contributed by atoms with Crippen LogP contribution in [0.25, 0.3) is 0 Å². The number of likely N-dealkylation sites (tertiary alicyclic amines) is 1. The number of ether oxygens (including phenoxy) is 3. The predicted molar refractivity (Wildman–Crippen MR) is 81.8 cm³/mol. The topological polar surface area (TPSA) is 60.9 Å². The van der Waals surface area contributed by atoms with Gasteiger partial charge >= 0.3 is 6.09 Å². The fourth-order valence-electron chi connectivity index (χ4n) is 2.89. The summed E-state index contributed by atoms with van der Waals surface area (Å²) in [5, 5.41) is 3.04. The fourth-order valence-corrected chi connectivity index (χ4v) is 3.58. The molecule has 6 nitrogen and oxygen atoms in total. The third-order valence-electron chi connectivity index (χ3n) is 3.95. The van der Waals surface area contributed by atoms with Crippen molar-refractivity contribution in [1.82, 2.24) is 9.88 Å². The summed E-state index contributed by atoms with van der Waals surface area (Å²) in [7, 11) is 0. The first-order valence-electron chi connectivity index (χ1n) is 7.46. The number of carbonyl (C=O) groups is 1. The van der Waals surface area contributed by atoms with Crippen LogP contribution in [0.15, 0.2) is 5.38 Å². The number of amides is 1. The molecule has 0 spiro atoms. The molecule has 2 atom stereocenters. The monoisotopic (exact) mass is 326 g/mol. The van der Waals surface area contributed by atoms with E-state index in [1.54, 1.807) is 16.2 Å². The Bertz CT molecular complexity index is 568. The number of carbonyl (C=O) groups excluding carboxylic acids is 1. The van der Waals surface area contributed by atoms with Crippen LogP contribution >= 0.6 is 11.3 Å². The van der Waals surface area contributed by atoms with Crippen LogP contribution in [-0.4, -0.2) is 47.6 Å². The minimum absolute atomic E-state index is 0.199. The van der Waals surface area contributed by atoms with Crippen molar-refractivity contribution in [1.29, 1.82) is 0 Å². The van der Waals surface area contributed by atoms with Crippen molar-refractivity contribution in [2.45, 2.75) is 51.4 Å². The minimum atomic E-state index is -0.525. The largest absolute Gasteiger partial charge is 0.444 e. The highest BCUT2D eigenvalue weighted by atomic mass is 32.1. The first-order valence-corrected chi connectivity index (χ1v) is 8.34. The van der Waals surface area contributed by atoms with Crippen LogP contribution in [-0.2, 0) is 19.8 Å². The van der Waals surface area contributed by atoms with E-state index in [4.69, 9.17) is 14.2 Å². The van der Waals surface area contributed by atoms with Gasteiger partial charge in [-0.2, -0.15) is 0 Å². The number of hydrogen-bond acceptors (Lipinski definition) is 6. The van der Waals surface area contributed by atoms with Gasteiger partial charge in [0.1, 0.15) is 24.1 Å². The maximum atomic E-state index is 12.2. The average molecular weight is 326 g/mol. The Balaban J connectivity index is 1.75. The highest BCUT2D eigenvalue weighted by molar-refractivity contribution is 7.09. The van der Waals surface area contributed by atoms with Crippen LogP contribution in [0.3, 0.4) is 0 Å². The second kappa shape index (κ2) is 5.47. The third kappa shape index (κ3) is 2.85. The smallest absolute Gasteiger partial charge is 0.410 e. The Morgan fingerprint density at radius 1 is 1.55 bits per heavy atom. The van der Waals surface area contributed by atoms with E-state index in [1.807, 2.05) is 33.1 Å². The number of hydrogen-bond donors (Lipinski definition) is 0. The second-order valence-electron chi connectivity index (χ2n) is 6.74. The molecule has 0 N–H and O–H groups in total. The van der Waals surface area contributed by atoms with Gasteiger partial charge in [-0.25, -0.2) is 9.78 Å². The number of piperidine rings is 1. The average Bonchev–Trinajstić information content (AvgIpc) is 3.02. The molecule has 22 heavy (non-hydrogen) atoms. The number of fused-ring (bicyclic) bond motifs is 1. The first-order chi connectivity index (χ1) is 10.3. The minimum Gasteiger partial charge on any atom is -0.444 e. The maximum absolute atomic E-state index is 12.2. The molecule has 0 aliphatic carbocycles. The van der Waals surface area contributed by atoms with E-state index in [9.17, 15) is 4.79 Å². The lowest BCUT2D eigenvalue weighted by Crippen LogP contribution is -2.54. The highest BCUT2D eigenvalue weighted by Gasteiger charge is 2.52. The zero-order valence-corrected chi connectivity index (χ0v) is 14.2. The molecular formula is C15H22N2O4S. The van der Waals surface area contributed by atoms with E-state index < -0.39 is 11.2 Å². The van der Waals surface area contributed by atoms with Gasteiger partial charge in [0.15, 0.2) is 0 Å². The number of aryl methyl sites for hydroxylation is 1. The van der Waals surface area contributed by atoms with Crippen molar-refractivity contribution in [3.05, 3.63) is 16.1 Å². The Hall–Kier alpha value is -1.18. The molecule has 3 rings (SSSR count). The van der Waals surface area contributed by atoms with Crippen molar-refractivity contribution in [2.75, 3.05) is 19.9 Å². The molecule has 0 unspecified atom stereocenters. The lowest BCUT2D eigenvalue weighted by Gasteiger charge is -2.40. The lowest BCUT2D eigenvalue weighted by molar-refractivity contribution is -0.0560. The van der Waals surface area contributed by atoms with Crippen LogP contribution in [0.5, 0.6) is 0 Å². The summed E-state index contributed by atoms with van der Waals surface area (Å²) in [6, 6.07) is 0. The lowest BCUT2D eigenvalue weighted by atomic mass is 9.86. The molecular weight excluding hydrogens is 304 g/mol. The van der Waals surface area contributed by atoms with Crippen LogP contribution in [0.2, 0.25) is 0 Å². The van der Waals surface area contributed by atoms with Crippen LogP contribution < -0.4 is 0 Å². The summed E-state index contributed by atoms with van der Waals surface area (Å²) >= 11 is 1.60. The van der Waals surface area contributed by atoms with E-state index >= 15 is 0 Å². The highest BCUT2D eigenvalue weighted by Crippen LogP contribution is 2.42. The maximum Gasteiger partial charge on any atom is 0.410 e. The second-order valence-corrected chi connectivity index (χ2v) is 7.80. The molecule has 122 valence electrons. The van der Waals surface area contributed by atoms with Crippen molar-refractivity contribution in [3.63, 3.8) is 0 Å². The first kappa shape index (κ1) is 15.7.